The first-order chi connectivity index (χ1) is 10.1. The second-order valence-electron chi connectivity index (χ2n) is 6.57. The fourth-order valence-electron chi connectivity index (χ4n) is 3.97. The number of benzene rings is 1. The molecule has 1 fully saturated rings. The van der Waals surface area contributed by atoms with Gasteiger partial charge in [0.2, 0.25) is 0 Å². The maximum absolute atomic E-state index is 11.0. The molecule has 3 nitrogen and oxygen atoms in total. The monoisotopic (exact) mass is 290 g/mol. The van der Waals surface area contributed by atoms with Crippen LogP contribution in [0.25, 0.3) is 0 Å². The maximum Gasteiger partial charge on any atom is 0.122 e. The number of fused-ring (bicyclic) bond motifs is 1. The van der Waals surface area contributed by atoms with Gasteiger partial charge in [-0.3, -0.25) is 0 Å². The SMILES string of the molecule is CCOC1(C(O)c2ccc3c(c2)CCO3)CCCC(C)C1. The van der Waals surface area contributed by atoms with Crippen LogP contribution in [0.15, 0.2) is 18.2 Å². The number of ether oxygens (including phenoxy) is 2. The number of hydrogen-bond acceptors (Lipinski definition) is 3. The van der Waals surface area contributed by atoms with Crippen molar-refractivity contribution in [1.82, 2.24) is 0 Å². The van der Waals surface area contributed by atoms with Crippen molar-refractivity contribution < 1.29 is 14.6 Å². The van der Waals surface area contributed by atoms with E-state index in [4.69, 9.17) is 9.47 Å². The Kier molecular flexibility index (Phi) is 4.23. The van der Waals surface area contributed by atoms with Crippen molar-refractivity contribution in [2.75, 3.05) is 13.2 Å². The molecular formula is C18H26O3. The fourth-order valence-corrected chi connectivity index (χ4v) is 3.97. The summed E-state index contributed by atoms with van der Waals surface area (Å²) < 4.78 is 11.7. The Labute approximate surface area is 127 Å². The predicted molar refractivity (Wildman–Crippen MR) is 82.6 cm³/mol. The molecule has 2 aliphatic rings. The van der Waals surface area contributed by atoms with Gasteiger partial charge in [-0.1, -0.05) is 25.8 Å². The van der Waals surface area contributed by atoms with Crippen molar-refractivity contribution in [3.63, 3.8) is 0 Å². The molecule has 21 heavy (non-hydrogen) atoms. The lowest BCUT2D eigenvalue weighted by molar-refractivity contribution is -0.150. The summed E-state index contributed by atoms with van der Waals surface area (Å²) in [6.07, 6.45) is 4.64. The van der Waals surface area contributed by atoms with Crippen LogP contribution in [0, 0.1) is 5.92 Å². The van der Waals surface area contributed by atoms with E-state index in [2.05, 4.69) is 13.0 Å². The molecule has 0 bridgehead atoms. The standard InChI is InChI=1S/C18H26O3/c1-3-21-18(9-4-5-13(2)12-18)17(19)15-6-7-16-14(11-15)8-10-20-16/h6-7,11,13,17,19H,3-5,8-10,12H2,1-2H3. The summed E-state index contributed by atoms with van der Waals surface area (Å²) in [5.74, 6) is 1.58. The average molecular weight is 290 g/mol. The molecule has 1 aliphatic heterocycles. The molecule has 0 aromatic heterocycles. The van der Waals surface area contributed by atoms with Crippen LogP contribution in [0.3, 0.4) is 0 Å². The Morgan fingerprint density at radius 1 is 1.48 bits per heavy atom. The lowest BCUT2D eigenvalue weighted by Crippen LogP contribution is -2.43. The highest BCUT2D eigenvalue weighted by atomic mass is 16.5. The number of hydrogen-bond donors (Lipinski definition) is 1. The average Bonchev–Trinajstić information content (AvgIpc) is 2.94. The van der Waals surface area contributed by atoms with E-state index < -0.39 is 11.7 Å². The van der Waals surface area contributed by atoms with Gasteiger partial charge in [0.1, 0.15) is 11.9 Å². The van der Waals surface area contributed by atoms with Crippen LogP contribution in [0.4, 0.5) is 0 Å². The fraction of sp³-hybridized carbons (Fsp3) is 0.667. The smallest absolute Gasteiger partial charge is 0.122 e. The second-order valence-corrected chi connectivity index (χ2v) is 6.57. The summed E-state index contributed by atoms with van der Waals surface area (Å²) >= 11 is 0. The molecule has 1 heterocycles. The van der Waals surface area contributed by atoms with Crippen molar-refractivity contribution in [3.8, 4) is 5.75 Å². The zero-order valence-corrected chi connectivity index (χ0v) is 13.1. The molecule has 116 valence electrons. The lowest BCUT2D eigenvalue weighted by Gasteiger charge is -2.43. The zero-order chi connectivity index (χ0) is 14.9. The Hall–Kier alpha value is -1.06. The van der Waals surface area contributed by atoms with Crippen molar-refractivity contribution in [2.45, 2.75) is 57.7 Å². The summed E-state index contributed by atoms with van der Waals surface area (Å²) in [6.45, 7) is 5.68. The van der Waals surface area contributed by atoms with Gasteiger partial charge in [-0.05, 0) is 48.9 Å². The molecule has 3 atom stereocenters. The molecule has 1 saturated carbocycles. The lowest BCUT2D eigenvalue weighted by atomic mass is 9.73. The summed E-state index contributed by atoms with van der Waals surface area (Å²) in [5, 5.41) is 11.0. The minimum absolute atomic E-state index is 0.417. The van der Waals surface area contributed by atoms with Crippen LogP contribution in [0.2, 0.25) is 0 Å². The highest BCUT2D eigenvalue weighted by molar-refractivity contribution is 5.41. The molecule has 1 aromatic carbocycles. The maximum atomic E-state index is 11.0. The minimum Gasteiger partial charge on any atom is -0.493 e. The minimum atomic E-state index is -0.550. The van der Waals surface area contributed by atoms with Crippen molar-refractivity contribution in [2.24, 2.45) is 5.92 Å². The van der Waals surface area contributed by atoms with E-state index in [1.807, 2.05) is 19.1 Å². The van der Waals surface area contributed by atoms with E-state index in [1.54, 1.807) is 0 Å². The summed E-state index contributed by atoms with van der Waals surface area (Å²) in [5.41, 5.74) is 1.77. The Morgan fingerprint density at radius 2 is 2.33 bits per heavy atom. The van der Waals surface area contributed by atoms with E-state index >= 15 is 0 Å². The first kappa shape index (κ1) is 14.9. The molecule has 3 rings (SSSR count). The molecule has 0 saturated heterocycles. The van der Waals surface area contributed by atoms with E-state index in [1.165, 1.54) is 12.0 Å². The van der Waals surface area contributed by atoms with Gasteiger partial charge in [0, 0.05) is 13.0 Å². The predicted octanol–water partition coefficient (Wildman–Crippen LogP) is 3.64. The summed E-state index contributed by atoms with van der Waals surface area (Å²) in [4.78, 5) is 0. The molecule has 3 unspecified atom stereocenters. The van der Waals surface area contributed by atoms with Gasteiger partial charge >= 0.3 is 0 Å². The molecule has 1 aromatic rings. The van der Waals surface area contributed by atoms with E-state index in [0.29, 0.717) is 12.5 Å². The number of aliphatic hydroxyl groups is 1. The van der Waals surface area contributed by atoms with Crippen LogP contribution in [-0.2, 0) is 11.2 Å². The first-order valence-electron chi connectivity index (χ1n) is 8.22. The van der Waals surface area contributed by atoms with Gasteiger partial charge in [-0.25, -0.2) is 0 Å². The van der Waals surface area contributed by atoms with Crippen molar-refractivity contribution in [1.29, 1.82) is 0 Å². The zero-order valence-electron chi connectivity index (χ0n) is 13.1. The van der Waals surface area contributed by atoms with Gasteiger partial charge in [-0.2, -0.15) is 0 Å². The third-order valence-electron chi connectivity index (χ3n) is 4.95. The van der Waals surface area contributed by atoms with Crippen LogP contribution < -0.4 is 4.74 Å². The number of rotatable bonds is 4. The Bertz CT molecular complexity index is 495. The van der Waals surface area contributed by atoms with Gasteiger partial charge in [0.25, 0.3) is 0 Å². The summed E-state index contributed by atoms with van der Waals surface area (Å²) in [7, 11) is 0. The van der Waals surface area contributed by atoms with E-state index in [0.717, 1.165) is 43.6 Å². The van der Waals surface area contributed by atoms with Gasteiger partial charge in [-0.15, -0.1) is 0 Å². The highest BCUT2D eigenvalue weighted by Gasteiger charge is 2.43. The van der Waals surface area contributed by atoms with Crippen LogP contribution in [-0.4, -0.2) is 23.9 Å². The van der Waals surface area contributed by atoms with E-state index in [9.17, 15) is 5.11 Å². The molecule has 1 N–H and O–H groups in total. The van der Waals surface area contributed by atoms with Crippen LogP contribution >= 0.6 is 0 Å². The third kappa shape index (κ3) is 2.82. The Morgan fingerprint density at radius 3 is 3.10 bits per heavy atom. The molecule has 1 aliphatic carbocycles. The van der Waals surface area contributed by atoms with Crippen LogP contribution in [0.5, 0.6) is 5.75 Å². The third-order valence-corrected chi connectivity index (χ3v) is 4.95. The topological polar surface area (TPSA) is 38.7 Å². The molecule has 0 radical (unpaired) electrons. The van der Waals surface area contributed by atoms with Gasteiger partial charge < -0.3 is 14.6 Å². The normalized spacial score (nSPS) is 29.8. The van der Waals surface area contributed by atoms with Gasteiger partial charge in [0.05, 0.1) is 12.2 Å². The molecule has 0 amide bonds. The Balaban J connectivity index is 1.88. The van der Waals surface area contributed by atoms with Gasteiger partial charge in [0.15, 0.2) is 0 Å². The highest BCUT2D eigenvalue weighted by Crippen LogP contribution is 2.44. The molecule has 3 heteroatoms. The molecular weight excluding hydrogens is 264 g/mol. The first-order valence-corrected chi connectivity index (χ1v) is 8.22. The van der Waals surface area contributed by atoms with Crippen molar-refractivity contribution in [3.05, 3.63) is 29.3 Å². The number of aliphatic hydroxyl groups excluding tert-OH is 1. The summed E-state index contributed by atoms with van der Waals surface area (Å²) in [6, 6.07) is 6.09. The van der Waals surface area contributed by atoms with Crippen molar-refractivity contribution >= 4 is 0 Å². The quantitative estimate of drug-likeness (QED) is 0.920. The largest absolute Gasteiger partial charge is 0.493 e. The van der Waals surface area contributed by atoms with E-state index in [-0.39, 0.29) is 0 Å². The van der Waals surface area contributed by atoms with Crippen LogP contribution in [0.1, 0.15) is 56.8 Å². The second kappa shape index (κ2) is 5.98. The molecule has 0 spiro atoms.